The number of carbonyl (C=O) groups excluding carboxylic acids is 1. The number of carbonyl (C=O) groups is 1. The van der Waals surface area contributed by atoms with E-state index in [4.69, 9.17) is 17.3 Å². The zero-order valence-corrected chi connectivity index (χ0v) is 9.55. The molecular formula is C12H13ClN2O. The van der Waals surface area contributed by atoms with Gasteiger partial charge in [0.25, 0.3) is 0 Å². The smallest absolute Gasteiger partial charge is 0.221 e. The summed E-state index contributed by atoms with van der Waals surface area (Å²) in [5.41, 5.74) is 8.35. The number of hydrogen-bond acceptors (Lipinski definition) is 1. The van der Waals surface area contributed by atoms with Crippen LogP contribution >= 0.6 is 11.6 Å². The van der Waals surface area contributed by atoms with Gasteiger partial charge in [0.1, 0.15) is 0 Å². The van der Waals surface area contributed by atoms with Crippen LogP contribution in [0.1, 0.15) is 11.1 Å². The number of H-pyrrole nitrogens is 1. The van der Waals surface area contributed by atoms with Crippen molar-refractivity contribution in [2.24, 2.45) is 5.73 Å². The highest BCUT2D eigenvalue weighted by Crippen LogP contribution is 2.20. The Hall–Kier alpha value is -1.48. The molecule has 2 aromatic rings. The Balaban J connectivity index is 2.41. The van der Waals surface area contributed by atoms with E-state index in [1.54, 1.807) is 0 Å². The molecule has 0 spiro atoms. The maximum absolute atomic E-state index is 10.8. The summed E-state index contributed by atoms with van der Waals surface area (Å²) in [6.45, 7) is 0. The molecule has 0 fully saturated rings. The molecule has 1 heterocycles. The molecule has 0 aliphatic rings. The van der Waals surface area contributed by atoms with Gasteiger partial charge in [0.2, 0.25) is 5.91 Å². The number of hydrogen-bond donors (Lipinski definition) is 2. The highest BCUT2D eigenvalue weighted by Gasteiger charge is 2.05. The van der Waals surface area contributed by atoms with Crippen molar-refractivity contribution in [1.82, 2.24) is 4.98 Å². The number of halogens is 1. The third-order valence-corrected chi connectivity index (χ3v) is 2.76. The SMILES string of the molecule is NC(=O)Cc1ccc2[nH]cc(CCCl)c2c1. The Morgan fingerprint density at radius 3 is 2.94 bits per heavy atom. The average Bonchev–Trinajstić information content (AvgIpc) is 2.61. The summed E-state index contributed by atoms with van der Waals surface area (Å²) in [5.74, 6) is 0.279. The number of nitrogens with one attached hydrogen (secondary N) is 1. The van der Waals surface area contributed by atoms with Crippen LogP contribution in [0.15, 0.2) is 24.4 Å². The standard InChI is InChI=1S/C12H13ClN2O/c13-4-3-9-7-15-11-2-1-8(5-10(9)11)6-12(14)16/h1-2,5,7,15H,3-4,6H2,(H2,14,16). The number of alkyl halides is 1. The van der Waals surface area contributed by atoms with E-state index in [0.29, 0.717) is 5.88 Å². The van der Waals surface area contributed by atoms with Crippen molar-refractivity contribution in [3.63, 3.8) is 0 Å². The first kappa shape index (κ1) is 11.0. The lowest BCUT2D eigenvalue weighted by Gasteiger charge is -2.00. The van der Waals surface area contributed by atoms with Crippen LogP contribution in [-0.2, 0) is 17.6 Å². The molecule has 16 heavy (non-hydrogen) atoms. The summed E-state index contributed by atoms with van der Waals surface area (Å²) in [7, 11) is 0. The first-order valence-electron chi connectivity index (χ1n) is 5.14. The van der Waals surface area contributed by atoms with Crippen molar-refractivity contribution in [1.29, 1.82) is 0 Å². The predicted molar refractivity (Wildman–Crippen MR) is 65.6 cm³/mol. The number of aromatic nitrogens is 1. The lowest BCUT2D eigenvalue weighted by Crippen LogP contribution is -2.13. The zero-order valence-electron chi connectivity index (χ0n) is 8.79. The van der Waals surface area contributed by atoms with Crippen molar-refractivity contribution in [3.8, 4) is 0 Å². The Morgan fingerprint density at radius 2 is 2.25 bits per heavy atom. The van der Waals surface area contributed by atoms with Crippen LogP contribution in [0.25, 0.3) is 10.9 Å². The van der Waals surface area contributed by atoms with Gasteiger partial charge in [-0.25, -0.2) is 0 Å². The third-order valence-electron chi connectivity index (χ3n) is 2.57. The normalized spacial score (nSPS) is 10.8. The molecule has 1 amide bonds. The lowest BCUT2D eigenvalue weighted by atomic mass is 10.1. The molecule has 2 rings (SSSR count). The van der Waals surface area contributed by atoms with Crippen LogP contribution in [0.4, 0.5) is 0 Å². The Bertz CT molecular complexity index is 519. The van der Waals surface area contributed by atoms with Gasteiger partial charge < -0.3 is 10.7 Å². The van der Waals surface area contributed by atoms with Gasteiger partial charge in [-0.15, -0.1) is 11.6 Å². The maximum Gasteiger partial charge on any atom is 0.221 e. The molecule has 3 nitrogen and oxygen atoms in total. The monoisotopic (exact) mass is 236 g/mol. The number of aryl methyl sites for hydroxylation is 1. The molecule has 0 unspecified atom stereocenters. The molecule has 3 N–H and O–H groups in total. The van der Waals surface area contributed by atoms with Gasteiger partial charge in [-0.05, 0) is 29.7 Å². The average molecular weight is 237 g/mol. The maximum atomic E-state index is 10.8. The minimum atomic E-state index is -0.311. The van der Waals surface area contributed by atoms with Crippen molar-refractivity contribution in [2.75, 3.05) is 5.88 Å². The van der Waals surface area contributed by atoms with Crippen molar-refractivity contribution in [2.45, 2.75) is 12.8 Å². The molecule has 0 aliphatic heterocycles. The van der Waals surface area contributed by atoms with Crippen LogP contribution in [0.3, 0.4) is 0 Å². The topological polar surface area (TPSA) is 58.9 Å². The number of rotatable bonds is 4. The van der Waals surface area contributed by atoms with Gasteiger partial charge in [-0.1, -0.05) is 6.07 Å². The van der Waals surface area contributed by atoms with E-state index in [1.807, 2.05) is 24.4 Å². The summed E-state index contributed by atoms with van der Waals surface area (Å²) in [6.07, 6.45) is 3.06. The van der Waals surface area contributed by atoms with Crippen molar-refractivity contribution in [3.05, 3.63) is 35.5 Å². The van der Waals surface area contributed by atoms with Crippen LogP contribution in [0.5, 0.6) is 0 Å². The van der Waals surface area contributed by atoms with E-state index in [9.17, 15) is 4.79 Å². The molecule has 1 aromatic heterocycles. The largest absolute Gasteiger partial charge is 0.369 e. The molecule has 4 heteroatoms. The van der Waals surface area contributed by atoms with Crippen molar-refractivity contribution < 1.29 is 4.79 Å². The van der Waals surface area contributed by atoms with Gasteiger partial charge >= 0.3 is 0 Å². The Morgan fingerprint density at radius 1 is 1.44 bits per heavy atom. The molecule has 0 atom stereocenters. The zero-order chi connectivity index (χ0) is 11.5. The minimum absolute atomic E-state index is 0.279. The van der Waals surface area contributed by atoms with Gasteiger partial charge in [0, 0.05) is 23.0 Å². The highest BCUT2D eigenvalue weighted by atomic mass is 35.5. The van der Waals surface area contributed by atoms with Gasteiger partial charge in [-0.3, -0.25) is 4.79 Å². The molecule has 0 saturated carbocycles. The molecule has 0 aliphatic carbocycles. The fourth-order valence-electron chi connectivity index (χ4n) is 1.85. The summed E-state index contributed by atoms with van der Waals surface area (Å²) in [6, 6.07) is 5.87. The fourth-order valence-corrected chi connectivity index (χ4v) is 2.05. The van der Waals surface area contributed by atoms with E-state index < -0.39 is 0 Å². The van der Waals surface area contributed by atoms with Gasteiger partial charge in [0.15, 0.2) is 0 Å². The number of amides is 1. The minimum Gasteiger partial charge on any atom is -0.369 e. The lowest BCUT2D eigenvalue weighted by molar-refractivity contribution is -0.117. The van der Waals surface area contributed by atoms with E-state index in [2.05, 4.69) is 4.98 Å². The van der Waals surface area contributed by atoms with Crippen LogP contribution in [-0.4, -0.2) is 16.8 Å². The number of nitrogens with two attached hydrogens (primary N) is 1. The molecule has 0 bridgehead atoms. The van der Waals surface area contributed by atoms with Crippen LogP contribution < -0.4 is 5.73 Å². The first-order chi connectivity index (χ1) is 7.70. The molecule has 0 radical (unpaired) electrons. The van der Waals surface area contributed by atoms with Crippen molar-refractivity contribution >= 4 is 28.4 Å². The second-order valence-corrected chi connectivity index (χ2v) is 4.15. The molecular weight excluding hydrogens is 224 g/mol. The number of benzene rings is 1. The van der Waals surface area contributed by atoms with E-state index in [-0.39, 0.29) is 12.3 Å². The Labute approximate surface area is 98.6 Å². The third kappa shape index (κ3) is 2.19. The van der Waals surface area contributed by atoms with E-state index in [0.717, 1.165) is 22.9 Å². The van der Waals surface area contributed by atoms with E-state index in [1.165, 1.54) is 5.56 Å². The van der Waals surface area contributed by atoms with Gasteiger partial charge in [-0.2, -0.15) is 0 Å². The summed E-state index contributed by atoms with van der Waals surface area (Å²) in [5, 5.41) is 1.12. The second kappa shape index (κ2) is 4.58. The number of primary amides is 1. The quantitative estimate of drug-likeness (QED) is 0.784. The van der Waals surface area contributed by atoms with E-state index >= 15 is 0 Å². The first-order valence-corrected chi connectivity index (χ1v) is 5.67. The molecule has 1 aromatic carbocycles. The molecule has 84 valence electrons. The number of fused-ring (bicyclic) bond motifs is 1. The van der Waals surface area contributed by atoms with Gasteiger partial charge in [0.05, 0.1) is 6.42 Å². The fraction of sp³-hybridized carbons (Fsp3) is 0.250. The summed E-state index contributed by atoms with van der Waals surface area (Å²) in [4.78, 5) is 14.0. The predicted octanol–water partition coefficient (Wildman–Crippen LogP) is 1.98. The molecule has 0 saturated heterocycles. The Kier molecular flexibility index (Phi) is 3.15. The number of aromatic amines is 1. The van der Waals surface area contributed by atoms with Crippen LogP contribution in [0.2, 0.25) is 0 Å². The highest BCUT2D eigenvalue weighted by molar-refractivity contribution is 6.18. The van der Waals surface area contributed by atoms with Crippen LogP contribution in [0, 0.1) is 0 Å². The summed E-state index contributed by atoms with van der Waals surface area (Å²) < 4.78 is 0. The summed E-state index contributed by atoms with van der Waals surface area (Å²) >= 11 is 5.73. The second-order valence-electron chi connectivity index (χ2n) is 3.78.